The lowest BCUT2D eigenvalue weighted by Crippen LogP contribution is -2.65. The summed E-state index contributed by atoms with van der Waals surface area (Å²) in [4.78, 5) is 80.4. The Hall–Kier alpha value is -5.07. The molecule has 26 heteroatoms. The van der Waals surface area contributed by atoms with E-state index in [2.05, 4.69) is 25.2 Å². The Morgan fingerprint density at radius 3 is 2.01 bits per heavy atom. The van der Waals surface area contributed by atoms with Gasteiger partial charge in [-0.1, -0.05) is 50.6 Å². The lowest BCUT2D eigenvalue weighted by molar-refractivity contribution is -0.584. The first-order valence-corrected chi connectivity index (χ1v) is 33.1. The zero-order chi connectivity index (χ0) is 67.5. The highest BCUT2D eigenvalue weighted by Gasteiger charge is 2.65. The summed E-state index contributed by atoms with van der Waals surface area (Å²) in [5.41, 5.74) is -5.03. The number of methoxy groups -OCH3 is 1. The van der Waals surface area contributed by atoms with Crippen molar-refractivity contribution in [1.29, 1.82) is 0 Å². The standard InChI is InChI=1S/C67H96N2O24/c1-30-14-18-47(88-54-28-65(11,69(79)80)60(38(9)86-54)68-64(78)81-13)31(2)23-43-45(73)24-40(29-70)27-67(43)62(76)55(63(77)93-67)61(75)66(12)42(30)16-15-41-56(66)32(3)22-33(4)57(41)92-53-26-49(59(37(8)85-53)87-39(10)71)90-50-21-19-48(35(6)83-50)89-52-25-46(74)58(36(7)84-52)91-51-20-17-44(72)34(5)82-51/h14-16,23,27,29,32-38,41-54,56-60,72-75H,17-22,24-26,28H2,1-13H3,(H,68,78)/b30-14-,31-23+,61-55-/t32-,33-,34-,35-,36-,37-,38+,41-,42-,43+,44+,45-,46+,47-,48+,49+,50-,51-,52-,53-,54-,56+,57-,58-,59-,60-,65-,66+,67?/m0/s1. The van der Waals surface area contributed by atoms with Gasteiger partial charge in [0.25, 0.3) is 0 Å². The molecule has 0 aromatic rings. The molecule has 2 bridgehead atoms. The number of rotatable bonds is 14. The van der Waals surface area contributed by atoms with Gasteiger partial charge in [-0.15, -0.1) is 0 Å². The lowest BCUT2D eigenvalue weighted by Gasteiger charge is -2.56. The molecule has 4 aliphatic carbocycles. The van der Waals surface area contributed by atoms with Crippen LogP contribution in [0.4, 0.5) is 4.79 Å². The largest absolute Gasteiger partial charge is 0.511 e. The highest BCUT2D eigenvalue weighted by atomic mass is 16.8. The second-order valence-electron chi connectivity index (χ2n) is 28.2. The number of nitrogens with one attached hydrogen (secondary N) is 1. The highest BCUT2D eigenvalue weighted by Crippen LogP contribution is 2.61. The van der Waals surface area contributed by atoms with Crippen molar-refractivity contribution in [3.05, 3.63) is 68.5 Å². The second-order valence-corrected chi connectivity index (χ2v) is 28.2. The van der Waals surface area contributed by atoms with Gasteiger partial charge in [0.15, 0.2) is 37.6 Å². The van der Waals surface area contributed by atoms with Crippen molar-refractivity contribution < 1.29 is 111 Å². The number of nitro groups is 1. The van der Waals surface area contributed by atoms with E-state index in [4.69, 9.17) is 61.6 Å². The molecule has 10 aliphatic rings. The van der Waals surface area contributed by atoms with Crippen LogP contribution < -0.4 is 5.32 Å². The van der Waals surface area contributed by atoms with Crippen LogP contribution in [-0.2, 0) is 80.8 Å². The van der Waals surface area contributed by atoms with Crippen molar-refractivity contribution in [3.63, 3.8) is 0 Å². The lowest BCUT2D eigenvalue weighted by atomic mass is 9.49. The maximum Gasteiger partial charge on any atom is 0.407 e. The first-order chi connectivity index (χ1) is 43.9. The number of carbonyl (C=O) groups excluding carboxylic acids is 5. The summed E-state index contributed by atoms with van der Waals surface area (Å²) < 4.78 is 81.5. The van der Waals surface area contributed by atoms with Crippen LogP contribution in [0.25, 0.3) is 0 Å². The van der Waals surface area contributed by atoms with Crippen molar-refractivity contribution >= 4 is 30.1 Å². The predicted molar refractivity (Wildman–Crippen MR) is 325 cm³/mol. The van der Waals surface area contributed by atoms with Gasteiger partial charge < -0.3 is 87.3 Å². The summed E-state index contributed by atoms with van der Waals surface area (Å²) in [6.45, 7) is 21.0. The monoisotopic (exact) mass is 1310 g/mol. The minimum Gasteiger partial charge on any atom is -0.511 e. The van der Waals surface area contributed by atoms with E-state index in [1.807, 2.05) is 39.8 Å². The number of alkyl carbamates (subject to hydrolysis) is 1. The third-order valence-electron chi connectivity index (χ3n) is 21.7. The number of carbonyl (C=O) groups is 5. The molecule has 6 aliphatic heterocycles. The molecule has 1 spiro atoms. The Labute approximate surface area is 542 Å². The average molecular weight is 1310 g/mol. The highest BCUT2D eigenvalue weighted by molar-refractivity contribution is 6.27. The average Bonchev–Trinajstić information content (AvgIpc) is 1.68. The number of allylic oxidation sites excluding steroid dienone is 3. The summed E-state index contributed by atoms with van der Waals surface area (Å²) in [6, 6.07) is -1.12. The number of fused-ring (bicyclic) bond motifs is 4. The van der Waals surface area contributed by atoms with Gasteiger partial charge in [0.05, 0.1) is 86.6 Å². The molecule has 518 valence electrons. The SMILES string of the molecule is COC(=O)N[C@H]1[C@@H](C)O[C@@H](O[C@H]2C/C=C(/C)[C@@H]3C=C[C@@H]4[C@@H](O[C@H]5C[C@@H](O[C@H]6CC[C@@H](O[C@H]7C[C@@H](O)[C@@H](O[C@H]8CC[C@@H](O)[C@H](C)O8)[C@H](C)O7)[C@H](C)O6)[C@@H](OC(C)=O)[C@H](C)O5)[C@@H](C)C[C@H](C)[C@H]4[C@]3(C)/C(O)=C3/C(=O)OC4(C=C(C=O)C[C@H](O)[C@H]4/C=C/2C)C3=O)C[C@]1(C)[N+](=O)[O-]. The Morgan fingerprint density at radius 2 is 1.35 bits per heavy atom. The van der Waals surface area contributed by atoms with Gasteiger partial charge in [-0.3, -0.25) is 24.5 Å². The number of Topliss-reactive ketones (excluding diaryl/α,β-unsaturated/α-hetero) is 1. The summed E-state index contributed by atoms with van der Waals surface area (Å²) >= 11 is 0. The number of nitrogens with zero attached hydrogens (tertiary/aromatic N) is 1. The van der Waals surface area contributed by atoms with Crippen LogP contribution in [0, 0.1) is 51.0 Å². The number of aliphatic hydroxyl groups is 4. The molecule has 29 atom stereocenters. The number of aldehydes is 1. The van der Waals surface area contributed by atoms with E-state index in [0.29, 0.717) is 49.5 Å². The molecule has 5 N–H and O–H groups in total. The van der Waals surface area contributed by atoms with E-state index in [1.54, 1.807) is 33.8 Å². The fraction of sp³-hybridized carbons (Fsp3) is 0.776. The molecular weight excluding hydrogens is 1220 g/mol. The van der Waals surface area contributed by atoms with E-state index in [9.17, 15) is 49.7 Å². The zero-order valence-electron chi connectivity index (χ0n) is 55.4. The zero-order valence-corrected chi connectivity index (χ0v) is 55.4. The molecular formula is C67H96N2O24. The van der Waals surface area contributed by atoms with Crippen molar-refractivity contribution in [3.8, 4) is 0 Å². The van der Waals surface area contributed by atoms with Gasteiger partial charge in [-0.25, -0.2) is 9.59 Å². The fourth-order valence-electron chi connectivity index (χ4n) is 16.9. The Balaban J connectivity index is 0.906. The molecule has 0 aromatic carbocycles. The third kappa shape index (κ3) is 14.0. The molecule has 6 heterocycles. The molecule has 0 aromatic heterocycles. The van der Waals surface area contributed by atoms with E-state index < -0.39 is 203 Å². The van der Waals surface area contributed by atoms with Crippen LogP contribution in [0.5, 0.6) is 0 Å². The van der Waals surface area contributed by atoms with Gasteiger partial charge in [0, 0.05) is 68.1 Å². The quantitative estimate of drug-likeness (QED) is 0.0240. The van der Waals surface area contributed by atoms with Crippen LogP contribution >= 0.6 is 0 Å². The van der Waals surface area contributed by atoms with Crippen LogP contribution in [0.3, 0.4) is 0 Å². The van der Waals surface area contributed by atoms with Crippen LogP contribution in [-0.4, -0.2) is 197 Å². The van der Waals surface area contributed by atoms with Gasteiger partial charge >= 0.3 is 18.0 Å². The van der Waals surface area contributed by atoms with Crippen molar-refractivity contribution in [2.24, 2.45) is 40.9 Å². The number of amides is 1. The Kier molecular flexibility index (Phi) is 21.4. The molecule has 1 amide bonds. The molecule has 1 saturated carbocycles. The molecule has 1 unspecified atom stereocenters. The maximum absolute atomic E-state index is 15.6. The normalized spacial score (nSPS) is 48.2. The van der Waals surface area contributed by atoms with Crippen LogP contribution in [0.15, 0.2) is 58.4 Å². The Morgan fingerprint density at radius 1 is 0.720 bits per heavy atom. The first-order valence-electron chi connectivity index (χ1n) is 33.1. The predicted octanol–water partition coefficient (Wildman–Crippen LogP) is 6.36. The van der Waals surface area contributed by atoms with E-state index >= 15 is 4.79 Å². The molecule has 93 heavy (non-hydrogen) atoms. The van der Waals surface area contributed by atoms with Crippen LogP contribution in [0.2, 0.25) is 0 Å². The van der Waals surface area contributed by atoms with Gasteiger partial charge in [-0.05, 0) is 109 Å². The molecule has 26 nitrogen and oxygen atoms in total. The Bertz CT molecular complexity index is 2960. The molecule has 7 fully saturated rings. The van der Waals surface area contributed by atoms with Gasteiger partial charge in [-0.2, -0.15) is 0 Å². The second kappa shape index (κ2) is 28.2. The minimum absolute atomic E-state index is 0.00196. The van der Waals surface area contributed by atoms with Crippen LogP contribution in [0.1, 0.15) is 147 Å². The molecule has 0 radical (unpaired) electrons. The minimum atomic E-state index is -2.29. The van der Waals surface area contributed by atoms with Gasteiger partial charge in [0.1, 0.15) is 35.9 Å². The van der Waals surface area contributed by atoms with Gasteiger partial charge in [0.2, 0.25) is 16.9 Å². The van der Waals surface area contributed by atoms with E-state index in [-0.39, 0.29) is 49.5 Å². The third-order valence-corrected chi connectivity index (χ3v) is 21.7. The molecule has 6 saturated heterocycles. The number of hydrogen-bond donors (Lipinski definition) is 5. The molecule has 10 rings (SSSR count). The van der Waals surface area contributed by atoms with E-state index in [0.717, 1.165) is 7.11 Å². The smallest absolute Gasteiger partial charge is 0.407 e. The van der Waals surface area contributed by atoms with Crippen molar-refractivity contribution in [2.45, 2.75) is 281 Å². The summed E-state index contributed by atoms with van der Waals surface area (Å²) in [6.07, 6.45) is -3.96. The van der Waals surface area contributed by atoms with Crippen molar-refractivity contribution in [1.82, 2.24) is 5.32 Å². The van der Waals surface area contributed by atoms with E-state index in [1.165, 1.54) is 19.9 Å². The van der Waals surface area contributed by atoms with Crippen molar-refractivity contribution in [2.75, 3.05) is 7.11 Å². The topological polar surface area (TPSA) is 341 Å². The number of aliphatic hydroxyl groups excluding tert-OH is 4. The summed E-state index contributed by atoms with van der Waals surface area (Å²) in [5, 5.41) is 62.0. The summed E-state index contributed by atoms with van der Waals surface area (Å²) in [7, 11) is 1.15. The first kappa shape index (κ1) is 70.7. The number of hydrogen-bond acceptors (Lipinski definition) is 24. The maximum atomic E-state index is 15.6. The fourth-order valence-corrected chi connectivity index (χ4v) is 16.9. The number of ketones is 1. The summed E-state index contributed by atoms with van der Waals surface area (Å²) in [5.74, 6) is -6.54. The number of ether oxygens (including phenoxy) is 13. The number of esters is 2.